The Hall–Kier alpha value is -2.13. The van der Waals surface area contributed by atoms with Crippen LogP contribution in [0.2, 0.25) is 5.02 Å². The molecule has 2 heterocycles. The predicted molar refractivity (Wildman–Crippen MR) is 115 cm³/mol. The first kappa shape index (κ1) is 18.9. The van der Waals surface area contributed by atoms with E-state index >= 15 is 0 Å². The van der Waals surface area contributed by atoms with Crippen LogP contribution in [0.5, 0.6) is 0 Å². The van der Waals surface area contributed by atoms with Gasteiger partial charge in [0.05, 0.1) is 0 Å². The summed E-state index contributed by atoms with van der Waals surface area (Å²) in [5.74, 6) is 0.799. The third-order valence-corrected chi connectivity index (χ3v) is 7.51. The van der Waals surface area contributed by atoms with Gasteiger partial charge >= 0.3 is 0 Å². The number of hydrogen-bond acceptors (Lipinski definition) is 3. The molecule has 1 spiro atoms. The molecule has 1 saturated heterocycles. The molecule has 1 aliphatic carbocycles. The van der Waals surface area contributed by atoms with Gasteiger partial charge in [-0.25, -0.2) is 0 Å². The molecular weight excluding hydrogens is 382 g/mol. The summed E-state index contributed by atoms with van der Waals surface area (Å²) in [7, 11) is 0. The van der Waals surface area contributed by atoms with Gasteiger partial charge in [0.15, 0.2) is 0 Å². The maximum absolute atomic E-state index is 13.3. The minimum atomic E-state index is -0.867. The van der Waals surface area contributed by atoms with Crippen LogP contribution in [-0.4, -0.2) is 24.2 Å². The molecule has 3 nitrogen and oxygen atoms in total. The largest absolute Gasteiger partial charge is 0.367 e. The highest BCUT2D eigenvalue weighted by molar-refractivity contribution is 6.31. The fraction of sp³-hybridized carbons (Fsp3) is 0.440. The molecule has 29 heavy (non-hydrogen) atoms. The third-order valence-electron chi connectivity index (χ3n) is 7.28. The summed E-state index contributed by atoms with van der Waals surface area (Å²) in [5, 5.41) is 0.714. The van der Waals surface area contributed by atoms with Gasteiger partial charge < -0.3 is 4.90 Å². The lowest BCUT2D eigenvalue weighted by molar-refractivity contribution is -0.146. The first-order valence-electron chi connectivity index (χ1n) is 10.7. The van der Waals surface area contributed by atoms with Crippen molar-refractivity contribution in [2.75, 3.05) is 11.4 Å². The maximum Gasteiger partial charge on any atom is 0.148 e. The number of ketones is 2. The number of anilines is 1. The predicted octanol–water partition coefficient (Wildman–Crippen LogP) is 5.03. The molecular formula is C25H26ClNO2. The summed E-state index contributed by atoms with van der Waals surface area (Å²) in [6.07, 6.45) is 5.26. The van der Waals surface area contributed by atoms with E-state index in [1.807, 2.05) is 24.3 Å². The highest BCUT2D eigenvalue weighted by Crippen LogP contribution is 2.50. The molecule has 2 fully saturated rings. The van der Waals surface area contributed by atoms with Crippen molar-refractivity contribution in [2.24, 2.45) is 11.3 Å². The first-order chi connectivity index (χ1) is 14.1. The Balaban J connectivity index is 1.54. The van der Waals surface area contributed by atoms with Gasteiger partial charge in [0.2, 0.25) is 0 Å². The van der Waals surface area contributed by atoms with Gasteiger partial charge in [-0.1, -0.05) is 48.0 Å². The van der Waals surface area contributed by atoms with Gasteiger partial charge in [-0.15, -0.1) is 0 Å². The van der Waals surface area contributed by atoms with Crippen LogP contribution in [0.1, 0.15) is 43.2 Å². The number of fused-ring (bicyclic) bond motifs is 4. The zero-order valence-electron chi connectivity index (χ0n) is 16.6. The molecule has 0 radical (unpaired) electrons. The summed E-state index contributed by atoms with van der Waals surface area (Å²) in [4.78, 5) is 28.9. The Morgan fingerprint density at radius 3 is 2.55 bits per heavy atom. The highest BCUT2D eigenvalue weighted by atomic mass is 35.5. The van der Waals surface area contributed by atoms with E-state index in [0.29, 0.717) is 36.6 Å². The van der Waals surface area contributed by atoms with Crippen LogP contribution < -0.4 is 4.90 Å². The van der Waals surface area contributed by atoms with Gasteiger partial charge in [-0.2, -0.15) is 0 Å². The van der Waals surface area contributed by atoms with Gasteiger partial charge in [0, 0.05) is 36.1 Å². The molecule has 2 atom stereocenters. The van der Waals surface area contributed by atoms with Crippen LogP contribution in [0.3, 0.4) is 0 Å². The summed E-state index contributed by atoms with van der Waals surface area (Å²) in [5.41, 5.74) is 2.68. The lowest BCUT2D eigenvalue weighted by Crippen LogP contribution is -2.64. The molecule has 2 unspecified atom stereocenters. The molecule has 4 heteroatoms. The topological polar surface area (TPSA) is 37.4 Å². The molecule has 0 amide bonds. The van der Waals surface area contributed by atoms with E-state index in [9.17, 15) is 9.59 Å². The maximum atomic E-state index is 13.3. The first-order valence-corrected chi connectivity index (χ1v) is 11.1. The van der Waals surface area contributed by atoms with E-state index in [-0.39, 0.29) is 17.6 Å². The van der Waals surface area contributed by atoms with Crippen molar-refractivity contribution < 1.29 is 9.59 Å². The standard InChI is InChI=1S/C25H26ClNO2/c26-20-10-9-19-16-25(23(28)7-4-8-24(25)29)22-14-18(11-12-27(22)21(19)15-20)13-17-5-2-1-3-6-17/h1-3,5-6,9-10,15,18,22H,4,7-8,11-14,16H2. The number of halogens is 1. The lowest BCUT2D eigenvalue weighted by atomic mass is 9.59. The number of Topliss-reactive ketones (excluding diaryl/α,β-unsaturated/α-hetero) is 2. The normalized spacial score (nSPS) is 25.6. The fourth-order valence-corrected chi connectivity index (χ4v) is 6.05. The molecule has 2 aromatic rings. The molecule has 5 rings (SSSR count). The van der Waals surface area contributed by atoms with E-state index < -0.39 is 5.41 Å². The van der Waals surface area contributed by atoms with E-state index in [4.69, 9.17) is 11.6 Å². The molecule has 2 aromatic carbocycles. The van der Waals surface area contributed by atoms with E-state index in [0.717, 1.165) is 37.1 Å². The van der Waals surface area contributed by atoms with Gasteiger partial charge in [-0.3, -0.25) is 9.59 Å². The average Bonchev–Trinajstić information content (AvgIpc) is 2.73. The second-order valence-electron chi connectivity index (χ2n) is 8.91. The van der Waals surface area contributed by atoms with Crippen LogP contribution in [-0.2, 0) is 22.4 Å². The number of piperidine rings is 1. The van der Waals surface area contributed by atoms with Gasteiger partial charge in [-0.05, 0) is 61.3 Å². The van der Waals surface area contributed by atoms with E-state index in [2.05, 4.69) is 29.2 Å². The molecule has 3 aliphatic rings. The second-order valence-corrected chi connectivity index (χ2v) is 9.35. The third kappa shape index (κ3) is 3.11. The van der Waals surface area contributed by atoms with Crippen molar-refractivity contribution in [1.29, 1.82) is 0 Å². The lowest BCUT2D eigenvalue weighted by Gasteiger charge is -2.54. The zero-order valence-corrected chi connectivity index (χ0v) is 17.3. The Bertz CT molecular complexity index is 939. The number of carbonyl (C=O) groups is 2. The molecule has 0 N–H and O–H groups in total. The number of nitrogens with zero attached hydrogens (tertiary/aromatic N) is 1. The van der Waals surface area contributed by atoms with Crippen molar-refractivity contribution in [3.63, 3.8) is 0 Å². The Labute approximate surface area is 177 Å². The molecule has 1 saturated carbocycles. The Morgan fingerprint density at radius 1 is 1.03 bits per heavy atom. The Morgan fingerprint density at radius 2 is 1.79 bits per heavy atom. The number of hydrogen-bond donors (Lipinski definition) is 0. The molecule has 0 aromatic heterocycles. The van der Waals surface area contributed by atoms with Crippen LogP contribution >= 0.6 is 11.6 Å². The fourth-order valence-electron chi connectivity index (χ4n) is 5.88. The number of rotatable bonds is 2. The summed E-state index contributed by atoms with van der Waals surface area (Å²) < 4.78 is 0. The quantitative estimate of drug-likeness (QED) is 0.655. The minimum Gasteiger partial charge on any atom is -0.367 e. The van der Waals surface area contributed by atoms with Crippen LogP contribution in [0.15, 0.2) is 48.5 Å². The number of carbonyl (C=O) groups excluding carboxylic acids is 2. The summed E-state index contributed by atoms with van der Waals surface area (Å²) >= 11 is 6.32. The smallest absolute Gasteiger partial charge is 0.148 e. The minimum absolute atomic E-state index is 0.0452. The number of benzene rings is 2. The van der Waals surface area contributed by atoms with Crippen LogP contribution in [0.4, 0.5) is 5.69 Å². The van der Waals surface area contributed by atoms with Crippen molar-refractivity contribution in [3.05, 3.63) is 64.7 Å². The average molecular weight is 408 g/mol. The summed E-state index contributed by atoms with van der Waals surface area (Å²) in [6, 6.07) is 16.4. The van der Waals surface area contributed by atoms with E-state index in [1.54, 1.807) is 0 Å². The van der Waals surface area contributed by atoms with Crippen LogP contribution in [0.25, 0.3) is 0 Å². The van der Waals surface area contributed by atoms with E-state index in [1.165, 1.54) is 5.56 Å². The second kappa shape index (κ2) is 7.28. The zero-order chi connectivity index (χ0) is 20.0. The molecule has 2 aliphatic heterocycles. The van der Waals surface area contributed by atoms with Crippen molar-refractivity contribution >= 4 is 28.9 Å². The van der Waals surface area contributed by atoms with Gasteiger partial charge in [0.1, 0.15) is 17.0 Å². The SMILES string of the molecule is O=C1CCCC(=O)C12Cc1ccc(Cl)cc1N1CCC(Cc3ccccc3)CC12. The molecule has 150 valence electrons. The highest BCUT2D eigenvalue weighted by Gasteiger charge is 2.58. The monoisotopic (exact) mass is 407 g/mol. The molecule has 0 bridgehead atoms. The van der Waals surface area contributed by atoms with Crippen molar-refractivity contribution in [1.82, 2.24) is 0 Å². The van der Waals surface area contributed by atoms with Crippen molar-refractivity contribution in [2.45, 2.75) is 51.0 Å². The van der Waals surface area contributed by atoms with Gasteiger partial charge in [0.25, 0.3) is 0 Å². The summed E-state index contributed by atoms with van der Waals surface area (Å²) in [6.45, 7) is 0.873. The Kier molecular flexibility index (Phi) is 4.74. The van der Waals surface area contributed by atoms with Crippen molar-refractivity contribution in [3.8, 4) is 0 Å². The van der Waals surface area contributed by atoms with Crippen LogP contribution in [0, 0.1) is 11.3 Å².